The van der Waals surface area contributed by atoms with Crippen LogP contribution in [0.5, 0.6) is 17.2 Å². The second kappa shape index (κ2) is 11.5. The van der Waals surface area contributed by atoms with Crippen LogP contribution in [0.2, 0.25) is 0 Å². The first kappa shape index (κ1) is 28.9. The molecule has 6 rings (SSSR count). The lowest BCUT2D eigenvalue weighted by Crippen LogP contribution is -2.54. The van der Waals surface area contributed by atoms with Crippen molar-refractivity contribution in [3.05, 3.63) is 64.7 Å². The fraction of sp³-hybridized carbons (Fsp3) is 0.438. The highest BCUT2D eigenvalue weighted by atomic mass is 16.5. The van der Waals surface area contributed by atoms with E-state index in [1.54, 1.807) is 28.3 Å². The van der Waals surface area contributed by atoms with Gasteiger partial charge >= 0.3 is 6.03 Å². The molecule has 2 amide bonds. The molecule has 2 aliphatic rings. The molecule has 1 saturated heterocycles. The summed E-state index contributed by atoms with van der Waals surface area (Å²) in [7, 11) is 4.95. The van der Waals surface area contributed by atoms with Crippen molar-refractivity contribution in [2.75, 3.05) is 52.9 Å². The van der Waals surface area contributed by atoms with Gasteiger partial charge in [0.2, 0.25) is 0 Å². The Bertz CT molecular complexity index is 1590. The summed E-state index contributed by atoms with van der Waals surface area (Å²) >= 11 is 0. The lowest BCUT2D eigenvalue weighted by molar-refractivity contribution is 0.0494. The van der Waals surface area contributed by atoms with Crippen LogP contribution in [-0.4, -0.2) is 78.6 Å². The Morgan fingerprint density at radius 3 is 2.37 bits per heavy atom. The van der Waals surface area contributed by atoms with Crippen LogP contribution in [-0.2, 0) is 12.0 Å². The molecule has 4 heterocycles. The van der Waals surface area contributed by atoms with Gasteiger partial charge in [0.05, 0.1) is 34.0 Å². The van der Waals surface area contributed by atoms with E-state index < -0.39 is 0 Å². The van der Waals surface area contributed by atoms with Crippen molar-refractivity contribution in [2.24, 2.45) is 0 Å². The van der Waals surface area contributed by atoms with Gasteiger partial charge in [-0.3, -0.25) is 4.90 Å². The molecular weight excluding hydrogens is 550 g/mol. The number of hydrogen-bond donors (Lipinski definition) is 3. The average Bonchev–Trinajstić information content (AvgIpc) is 3.56. The number of aromatic amines is 1. The molecule has 2 aromatic heterocycles. The summed E-state index contributed by atoms with van der Waals surface area (Å²) in [6, 6.07) is 11.6. The van der Waals surface area contributed by atoms with Gasteiger partial charge < -0.3 is 39.0 Å². The number of anilines is 1. The number of H-pyrrole nitrogens is 1. The maximum atomic E-state index is 13.3. The number of carbonyl (C=O) groups excluding carboxylic acids is 1. The van der Waals surface area contributed by atoms with Crippen LogP contribution in [0.3, 0.4) is 0 Å². The topological polar surface area (TPSA) is 125 Å². The first-order chi connectivity index (χ1) is 20.8. The number of fused-ring (bicyclic) bond motifs is 4. The molecule has 3 N–H and O–H groups in total. The van der Waals surface area contributed by atoms with E-state index in [0.717, 1.165) is 58.8 Å². The number of rotatable bonds is 7. The van der Waals surface area contributed by atoms with Gasteiger partial charge in [0, 0.05) is 60.3 Å². The molecule has 11 nitrogen and oxygen atoms in total. The highest BCUT2D eigenvalue weighted by Gasteiger charge is 2.48. The van der Waals surface area contributed by atoms with Gasteiger partial charge in [0.1, 0.15) is 28.6 Å². The van der Waals surface area contributed by atoms with Crippen molar-refractivity contribution in [1.29, 1.82) is 0 Å². The molecule has 0 unspecified atom stereocenters. The smallest absolute Gasteiger partial charge is 0.321 e. The lowest BCUT2D eigenvalue weighted by atomic mass is 9.68. The van der Waals surface area contributed by atoms with Gasteiger partial charge in [-0.25, -0.2) is 4.79 Å². The molecule has 4 aromatic rings. The lowest BCUT2D eigenvalue weighted by Gasteiger charge is -2.50. The molecule has 2 aliphatic heterocycles. The minimum atomic E-state index is -0.239. The Morgan fingerprint density at radius 2 is 1.77 bits per heavy atom. The van der Waals surface area contributed by atoms with Gasteiger partial charge in [-0.2, -0.15) is 0 Å². The largest absolute Gasteiger partial charge is 0.497 e. The highest BCUT2D eigenvalue weighted by molar-refractivity contribution is 5.91. The third kappa shape index (κ3) is 5.16. The minimum Gasteiger partial charge on any atom is -0.497 e. The maximum absolute atomic E-state index is 13.3. The third-order valence-electron chi connectivity index (χ3n) is 9.09. The van der Waals surface area contributed by atoms with E-state index in [4.69, 9.17) is 18.7 Å². The molecule has 2 aromatic carbocycles. The summed E-state index contributed by atoms with van der Waals surface area (Å²) in [6.45, 7) is 6.06. The third-order valence-corrected chi connectivity index (χ3v) is 9.09. The molecule has 228 valence electrons. The van der Waals surface area contributed by atoms with Crippen molar-refractivity contribution >= 4 is 22.6 Å². The number of amides is 2. The molecule has 1 spiro atoms. The van der Waals surface area contributed by atoms with E-state index in [0.29, 0.717) is 36.8 Å². The van der Waals surface area contributed by atoms with Crippen LogP contribution >= 0.6 is 0 Å². The number of aromatic nitrogens is 2. The predicted octanol–water partition coefficient (Wildman–Crippen LogP) is 4.91. The number of urea groups is 1. The Labute approximate surface area is 250 Å². The molecule has 11 heteroatoms. The molecule has 43 heavy (non-hydrogen) atoms. The Kier molecular flexibility index (Phi) is 7.70. The first-order valence-electron chi connectivity index (χ1n) is 14.5. The van der Waals surface area contributed by atoms with Crippen LogP contribution in [0.25, 0.3) is 10.9 Å². The number of piperidine rings is 1. The summed E-state index contributed by atoms with van der Waals surface area (Å²) in [6.07, 6.45) is 1.54. The summed E-state index contributed by atoms with van der Waals surface area (Å²) in [5.74, 6) is 2.80. The normalized spacial score (nSPS) is 18.1. The number of aliphatic hydroxyl groups excluding tert-OH is 1. The molecule has 1 fully saturated rings. The van der Waals surface area contributed by atoms with E-state index in [-0.39, 0.29) is 24.1 Å². The molecule has 0 saturated carbocycles. The van der Waals surface area contributed by atoms with Gasteiger partial charge in [0.25, 0.3) is 0 Å². The number of hydrogen-bond acceptors (Lipinski definition) is 8. The summed E-state index contributed by atoms with van der Waals surface area (Å²) in [5.41, 5.74) is 5.30. The van der Waals surface area contributed by atoms with Crippen LogP contribution in [0.15, 0.2) is 40.9 Å². The predicted molar refractivity (Wildman–Crippen MR) is 162 cm³/mol. The summed E-state index contributed by atoms with van der Waals surface area (Å²) < 4.78 is 21.8. The molecule has 0 radical (unpaired) electrons. The number of ether oxygens (including phenoxy) is 3. The number of aliphatic hydroxyl groups is 1. The van der Waals surface area contributed by atoms with Crippen molar-refractivity contribution in [2.45, 2.75) is 44.7 Å². The van der Waals surface area contributed by atoms with Gasteiger partial charge in [-0.1, -0.05) is 5.16 Å². The fourth-order valence-electron chi connectivity index (χ4n) is 6.86. The molecule has 0 bridgehead atoms. The number of benzene rings is 2. The number of nitrogens with zero attached hydrogens (tertiary/aromatic N) is 3. The van der Waals surface area contributed by atoms with Gasteiger partial charge in [-0.15, -0.1) is 0 Å². The van der Waals surface area contributed by atoms with Crippen molar-refractivity contribution in [3.8, 4) is 17.2 Å². The van der Waals surface area contributed by atoms with E-state index in [2.05, 4.69) is 26.4 Å². The first-order valence-corrected chi connectivity index (χ1v) is 14.5. The van der Waals surface area contributed by atoms with Crippen LogP contribution in [0.4, 0.5) is 10.5 Å². The van der Waals surface area contributed by atoms with Gasteiger partial charge in [-0.05, 0) is 62.1 Å². The quantitative estimate of drug-likeness (QED) is 0.278. The van der Waals surface area contributed by atoms with Crippen LogP contribution < -0.4 is 19.5 Å². The second-order valence-electron chi connectivity index (χ2n) is 11.5. The Morgan fingerprint density at radius 1 is 1.07 bits per heavy atom. The number of carbonyl (C=O) groups is 1. The standard InChI is InChI=1S/C32H39N5O6/c1-19-29(20(2)43-35-19)34-31(39)36-10-8-32(9-11-36)18-37(16-21-12-23(41-4)14-24(13-21)42-5)27(17-38)30-28(32)25-7-6-22(40-3)15-26(25)33-30/h6-7,12-15,27,33,38H,8-11,16-18H2,1-5H3,(H,34,39)/t27-/m1/s1. The molecule has 1 atom stereocenters. The molecule has 0 aliphatic carbocycles. The minimum absolute atomic E-state index is 0.0416. The zero-order valence-corrected chi connectivity index (χ0v) is 25.3. The monoisotopic (exact) mass is 589 g/mol. The van der Waals surface area contributed by atoms with Crippen molar-refractivity contribution in [1.82, 2.24) is 19.9 Å². The SMILES string of the molecule is COc1cc(CN2CC3(CCN(C(=O)Nc4c(C)noc4C)CC3)c3c([nH]c4cc(OC)ccc34)[C@H]2CO)cc(OC)c1. The zero-order valence-electron chi connectivity index (χ0n) is 25.3. The fourth-order valence-corrected chi connectivity index (χ4v) is 6.86. The summed E-state index contributed by atoms with van der Waals surface area (Å²) in [4.78, 5) is 21.2. The number of methoxy groups -OCH3 is 3. The maximum Gasteiger partial charge on any atom is 0.321 e. The van der Waals surface area contributed by atoms with E-state index >= 15 is 0 Å². The molecular formula is C32H39N5O6. The number of nitrogens with one attached hydrogen (secondary N) is 2. The number of likely N-dealkylation sites (tertiary alicyclic amines) is 1. The summed E-state index contributed by atoms with van der Waals surface area (Å²) in [5, 5.41) is 18.9. The highest BCUT2D eigenvalue weighted by Crippen LogP contribution is 2.49. The van der Waals surface area contributed by atoms with Gasteiger partial charge in [0.15, 0.2) is 5.76 Å². The van der Waals surface area contributed by atoms with E-state index in [1.165, 1.54) is 5.56 Å². The van der Waals surface area contributed by atoms with Crippen LogP contribution in [0.1, 0.15) is 47.2 Å². The zero-order chi connectivity index (χ0) is 30.3. The Hall–Kier alpha value is -4.22. The van der Waals surface area contributed by atoms with E-state index in [9.17, 15) is 9.90 Å². The van der Waals surface area contributed by atoms with Crippen LogP contribution in [0, 0.1) is 13.8 Å². The Balaban J connectivity index is 1.35. The van der Waals surface area contributed by atoms with Crippen molar-refractivity contribution in [3.63, 3.8) is 0 Å². The second-order valence-corrected chi connectivity index (χ2v) is 11.5. The number of aryl methyl sites for hydroxylation is 2. The average molecular weight is 590 g/mol. The van der Waals surface area contributed by atoms with E-state index in [1.807, 2.05) is 42.2 Å². The van der Waals surface area contributed by atoms with Crippen molar-refractivity contribution < 1.29 is 28.6 Å².